The highest BCUT2D eigenvalue weighted by molar-refractivity contribution is 9.10. The zero-order valence-corrected chi connectivity index (χ0v) is 17.3. The normalized spacial score (nSPS) is 15.4. The molecule has 4 aromatic rings. The summed E-state index contributed by atoms with van der Waals surface area (Å²) in [5, 5.41) is 3.83. The molecule has 0 aromatic heterocycles. The zero-order valence-electron chi connectivity index (χ0n) is 15.8. The summed E-state index contributed by atoms with van der Waals surface area (Å²) < 4.78 is 0.743. The van der Waals surface area contributed by atoms with Crippen LogP contribution in [0.5, 0.6) is 0 Å². The molecule has 2 aliphatic heterocycles. The van der Waals surface area contributed by atoms with Crippen LogP contribution in [0.4, 0.5) is 0 Å². The smallest absolute Gasteiger partial charge is 0.267 e. The van der Waals surface area contributed by atoms with E-state index < -0.39 is 23.6 Å². The van der Waals surface area contributed by atoms with Gasteiger partial charge in [0, 0.05) is 15.2 Å². The average Bonchev–Trinajstić information content (AvgIpc) is 2.78. The van der Waals surface area contributed by atoms with E-state index in [1.54, 1.807) is 54.6 Å². The molecular formula is C24H11BrN2O4. The third-order valence-electron chi connectivity index (χ3n) is 5.78. The number of imide groups is 2. The van der Waals surface area contributed by atoms with Gasteiger partial charge in [-0.1, -0.05) is 52.3 Å². The highest BCUT2D eigenvalue weighted by Crippen LogP contribution is 2.37. The van der Waals surface area contributed by atoms with Gasteiger partial charge >= 0.3 is 0 Å². The van der Waals surface area contributed by atoms with Crippen LogP contribution in [-0.4, -0.2) is 33.6 Å². The maximum Gasteiger partial charge on any atom is 0.281 e. The first-order chi connectivity index (χ1) is 15.0. The van der Waals surface area contributed by atoms with E-state index >= 15 is 0 Å². The maximum atomic E-state index is 13.4. The number of hydrogen-bond acceptors (Lipinski definition) is 4. The molecule has 4 amide bonds. The number of nitrogens with zero attached hydrogens (tertiary/aromatic N) is 2. The van der Waals surface area contributed by atoms with Gasteiger partial charge in [-0.25, -0.2) is 0 Å². The summed E-state index contributed by atoms with van der Waals surface area (Å²) in [6.45, 7) is 0. The lowest BCUT2D eigenvalue weighted by Gasteiger charge is -2.36. The molecule has 0 N–H and O–H groups in total. The van der Waals surface area contributed by atoms with Gasteiger partial charge in [0.15, 0.2) is 0 Å². The third-order valence-corrected chi connectivity index (χ3v) is 6.47. The summed E-state index contributed by atoms with van der Waals surface area (Å²) in [7, 11) is 0. The zero-order chi connectivity index (χ0) is 21.4. The number of hydrogen-bond donors (Lipinski definition) is 0. The topological polar surface area (TPSA) is 74.8 Å². The molecule has 4 aromatic carbocycles. The number of halogens is 1. The quantitative estimate of drug-likeness (QED) is 0.382. The van der Waals surface area contributed by atoms with Gasteiger partial charge < -0.3 is 0 Å². The van der Waals surface area contributed by atoms with Crippen LogP contribution < -0.4 is 0 Å². The predicted molar refractivity (Wildman–Crippen MR) is 117 cm³/mol. The van der Waals surface area contributed by atoms with E-state index in [9.17, 15) is 19.2 Å². The Morgan fingerprint density at radius 1 is 0.516 bits per heavy atom. The molecule has 6 rings (SSSR count). The van der Waals surface area contributed by atoms with E-state index in [4.69, 9.17) is 0 Å². The first-order valence-corrected chi connectivity index (χ1v) is 10.3. The molecule has 0 aliphatic carbocycles. The molecule has 7 heteroatoms. The van der Waals surface area contributed by atoms with Gasteiger partial charge in [-0.05, 0) is 41.1 Å². The molecule has 0 spiro atoms. The van der Waals surface area contributed by atoms with Crippen molar-refractivity contribution in [2.24, 2.45) is 0 Å². The van der Waals surface area contributed by atoms with Crippen molar-refractivity contribution in [3.8, 4) is 0 Å². The van der Waals surface area contributed by atoms with E-state index in [-0.39, 0.29) is 22.3 Å². The summed E-state index contributed by atoms with van der Waals surface area (Å²) in [5.41, 5.74) is 1.05. The Kier molecular flexibility index (Phi) is 3.53. The monoisotopic (exact) mass is 470 g/mol. The summed E-state index contributed by atoms with van der Waals surface area (Å²) in [5.74, 6) is -2.84. The second-order valence-corrected chi connectivity index (χ2v) is 8.23. The standard InChI is InChI=1S/C24H11BrN2O4/c25-18-11-10-17-20-13(18)6-3-9-16(20)23(30)27(24(17)31)26-21(28)14-7-1-4-12-5-2-8-15(19(12)14)22(26)29/h1-11H. The van der Waals surface area contributed by atoms with Crippen molar-refractivity contribution in [2.75, 3.05) is 0 Å². The van der Waals surface area contributed by atoms with Crippen LogP contribution >= 0.6 is 15.9 Å². The Labute approximate surface area is 183 Å². The number of benzene rings is 4. The van der Waals surface area contributed by atoms with E-state index in [2.05, 4.69) is 15.9 Å². The van der Waals surface area contributed by atoms with Crippen molar-refractivity contribution in [3.63, 3.8) is 0 Å². The van der Waals surface area contributed by atoms with Crippen LogP contribution in [0.2, 0.25) is 0 Å². The van der Waals surface area contributed by atoms with Gasteiger partial charge in [-0.15, -0.1) is 0 Å². The number of amides is 4. The average molecular weight is 471 g/mol. The van der Waals surface area contributed by atoms with Gasteiger partial charge in [-0.2, -0.15) is 10.0 Å². The molecule has 2 heterocycles. The van der Waals surface area contributed by atoms with Crippen LogP contribution in [0.15, 0.2) is 71.2 Å². The second kappa shape index (κ2) is 6.09. The van der Waals surface area contributed by atoms with Gasteiger partial charge in [0.1, 0.15) is 0 Å². The molecule has 0 fully saturated rings. The summed E-state index contributed by atoms with van der Waals surface area (Å²) in [6.07, 6.45) is 0. The first-order valence-electron chi connectivity index (χ1n) is 9.49. The molecule has 0 unspecified atom stereocenters. The molecule has 31 heavy (non-hydrogen) atoms. The third kappa shape index (κ3) is 2.21. The van der Waals surface area contributed by atoms with E-state index in [0.29, 0.717) is 26.2 Å². The molecular weight excluding hydrogens is 460 g/mol. The number of rotatable bonds is 1. The van der Waals surface area contributed by atoms with Crippen molar-refractivity contribution < 1.29 is 19.2 Å². The van der Waals surface area contributed by atoms with Crippen molar-refractivity contribution in [3.05, 3.63) is 93.5 Å². The van der Waals surface area contributed by atoms with E-state index in [0.717, 1.165) is 9.86 Å². The molecule has 0 atom stereocenters. The Balaban J connectivity index is 1.58. The molecule has 6 nitrogen and oxygen atoms in total. The number of hydrazine groups is 1. The van der Waals surface area contributed by atoms with Gasteiger partial charge in [0.25, 0.3) is 23.6 Å². The Morgan fingerprint density at radius 3 is 1.52 bits per heavy atom. The Morgan fingerprint density at radius 2 is 0.968 bits per heavy atom. The first kappa shape index (κ1) is 18.0. The maximum absolute atomic E-state index is 13.4. The molecule has 148 valence electrons. The lowest BCUT2D eigenvalue weighted by molar-refractivity contribution is 0.00212. The lowest BCUT2D eigenvalue weighted by atomic mass is 9.93. The van der Waals surface area contributed by atoms with Crippen LogP contribution in [0.25, 0.3) is 21.5 Å². The largest absolute Gasteiger partial charge is 0.281 e. The van der Waals surface area contributed by atoms with Crippen molar-refractivity contribution in [1.82, 2.24) is 10.0 Å². The Hall–Kier alpha value is -3.84. The molecule has 0 radical (unpaired) electrons. The highest BCUT2D eigenvalue weighted by atomic mass is 79.9. The fraction of sp³-hybridized carbons (Fsp3) is 0. The minimum atomic E-state index is -0.713. The van der Waals surface area contributed by atoms with Crippen LogP contribution in [0, 0.1) is 0 Å². The molecule has 0 bridgehead atoms. The predicted octanol–water partition coefficient (Wildman–Crippen LogP) is 4.56. The minimum absolute atomic E-state index is 0.256. The molecule has 0 saturated carbocycles. The van der Waals surface area contributed by atoms with Crippen molar-refractivity contribution in [1.29, 1.82) is 0 Å². The van der Waals surface area contributed by atoms with Crippen LogP contribution in [0.1, 0.15) is 41.4 Å². The fourth-order valence-electron chi connectivity index (χ4n) is 4.43. The SMILES string of the molecule is O=C1c2cccc3cccc(c23)C(=O)N1N1C(=O)c2cccc3c(Br)ccc(c23)C1=O. The van der Waals surface area contributed by atoms with Crippen molar-refractivity contribution >= 4 is 61.1 Å². The minimum Gasteiger partial charge on any atom is -0.267 e. The van der Waals surface area contributed by atoms with Gasteiger partial charge in [0.2, 0.25) is 0 Å². The van der Waals surface area contributed by atoms with Gasteiger partial charge in [-0.3, -0.25) is 19.2 Å². The highest BCUT2D eigenvalue weighted by Gasteiger charge is 2.45. The number of carbonyl (C=O) groups excluding carboxylic acids is 4. The van der Waals surface area contributed by atoms with Crippen LogP contribution in [-0.2, 0) is 0 Å². The van der Waals surface area contributed by atoms with Crippen molar-refractivity contribution in [2.45, 2.75) is 0 Å². The summed E-state index contributed by atoms with van der Waals surface area (Å²) in [4.78, 5) is 53.6. The van der Waals surface area contributed by atoms with E-state index in [1.807, 2.05) is 12.1 Å². The van der Waals surface area contributed by atoms with E-state index in [1.165, 1.54) is 0 Å². The number of carbonyl (C=O) groups is 4. The molecule has 0 saturated heterocycles. The summed E-state index contributed by atoms with van der Waals surface area (Å²) >= 11 is 3.45. The summed E-state index contributed by atoms with van der Waals surface area (Å²) in [6, 6.07) is 18.6. The molecule has 2 aliphatic rings. The fourth-order valence-corrected chi connectivity index (χ4v) is 4.89. The Bertz CT molecular complexity index is 1470. The van der Waals surface area contributed by atoms with Gasteiger partial charge in [0.05, 0.1) is 22.3 Å². The van der Waals surface area contributed by atoms with Crippen LogP contribution in [0.3, 0.4) is 0 Å². The lowest BCUT2D eigenvalue weighted by Crippen LogP contribution is -2.58. The second-order valence-electron chi connectivity index (χ2n) is 7.38.